The molecule has 2 saturated carbocycles. The Bertz CT molecular complexity index is 1540. The van der Waals surface area contributed by atoms with Crippen LogP contribution in [0.3, 0.4) is 0 Å². The molecule has 1 aromatic carbocycles. The molecule has 1 N–H and O–H groups in total. The number of aromatic nitrogens is 3. The van der Waals surface area contributed by atoms with Gasteiger partial charge in [-0.15, -0.1) is 11.3 Å². The van der Waals surface area contributed by atoms with E-state index in [-0.39, 0.29) is 18.1 Å². The van der Waals surface area contributed by atoms with Gasteiger partial charge in [0, 0.05) is 31.7 Å². The highest BCUT2D eigenvalue weighted by Crippen LogP contribution is 2.46. The van der Waals surface area contributed by atoms with Crippen molar-refractivity contribution in [1.82, 2.24) is 19.0 Å². The molecule has 1 atom stereocenters. The number of aliphatic hydroxyl groups is 1. The number of carbonyl (C=O) groups excluding carboxylic acids is 1. The van der Waals surface area contributed by atoms with E-state index in [0.717, 1.165) is 61.3 Å². The second-order valence-electron chi connectivity index (χ2n) is 11.7. The van der Waals surface area contributed by atoms with Crippen molar-refractivity contribution < 1.29 is 14.6 Å². The van der Waals surface area contributed by atoms with E-state index in [1.165, 1.54) is 35.0 Å². The first-order chi connectivity index (χ1) is 18.4. The van der Waals surface area contributed by atoms with Crippen LogP contribution in [0, 0.1) is 5.92 Å². The van der Waals surface area contributed by atoms with Crippen molar-refractivity contribution in [2.45, 2.75) is 76.5 Å². The van der Waals surface area contributed by atoms with E-state index in [9.17, 15) is 9.90 Å². The SMILES string of the molecule is COc1cc(C(=O)N2CCCCC2C)cc2nc(-c3cc4scc(C5CC(O)C5)c4n3CC3CC3)n(C)c12. The number of ether oxygens (including phenoxy) is 1. The molecule has 3 aromatic heterocycles. The van der Waals surface area contributed by atoms with Crippen LogP contribution in [0.4, 0.5) is 0 Å². The Morgan fingerprint density at radius 1 is 1.16 bits per heavy atom. The highest BCUT2D eigenvalue weighted by atomic mass is 32.1. The molecule has 38 heavy (non-hydrogen) atoms. The van der Waals surface area contributed by atoms with Crippen LogP contribution in [0.1, 0.15) is 73.7 Å². The number of imidazole rings is 1. The van der Waals surface area contributed by atoms with Crippen molar-refractivity contribution >= 4 is 38.5 Å². The van der Waals surface area contributed by atoms with Gasteiger partial charge in [0.2, 0.25) is 0 Å². The van der Waals surface area contributed by atoms with Crippen molar-refractivity contribution in [1.29, 1.82) is 0 Å². The summed E-state index contributed by atoms with van der Waals surface area (Å²) >= 11 is 1.80. The third-order valence-corrected chi connectivity index (χ3v) is 9.97. The molecule has 4 aromatic rings. The maximum absolute atomic E-state index is 13.5. The zero-order valence-corrected chi connectivity index (χ0v) is 23.3. The molecule has 2 aliphatic carbocycles. The molecule has 1 amide bonds. The largest absolute Gasteiger partial charge is 0.494 e. The van der Waals surface area contributed by atoms with Crippen LogP contribution in [-0.2, 0) is 13.6 Å². The van der Waals surface area contributed by atoms with E-state index in [4.69, 9.17) is 9.72 Å². The Labute approximate surface area is 227 Å². The molecule has 3 aliphatic rings. The van der Waals surface area contributed by atoms with Crippen molar-refractivity contribution in [3.8, 4) is 17.3 Å². The van der Waals surface area contributed by atoms with E-state index in [0.29, 0.717) is 23.1 Å². The lowest BCUT2D eigenvalue weighted by Gasteiger charge is -2.33. The summed E-state index contributed by atoms with van der Waals surface area (Å²) in [6.45, 7) is 3.94. The minimum absolute atomic E-state index is 0.0644. The molecule has 1 aliphatic heterocycles. The van der Waals surface area contributed by atoms with Crippen molar-refractivity contribution in [3.05, 3.63) is 34.7 Å². The van der Waals surface area contributed by atoms with Gasteiger partial charge in [0.05, 0.1) is 34.6 Å². The van der Waals surface area contributed by atoms with Gasteiger partial charge in [0.25, 0.3) is 5.91 Å². The summed E-state index contributed by atoms with van der Waals surface area (Å²) in [6, 6.07) is 6.37. The number of benzene rings is 1. The molecule has 1 unspecified atom stereocenters. The van der Waals surface area contributed by atoms with Gasteiger partial charge in [-0.3, -0.25) is 4.79 Å². The Balaban J connectivity index is 1.35. The van der Waals surface area contributed by atoms with Gasteiger partial charge in [-0.05, 0) is 92.8 Å². The molecular weight excluding hydrogens is 496 g/mol. The highest BCUT2D eigenvalue weighted by molar-refractivity contribution is 7.17. The average Bonchev–Trinajstić information content (AvgIpc) is 3.39. The molecule has 8 heteroatoms. The zero-order chi connectivity index (χ0) is 26.1. The molecule has 7 nitrogen and oxygen atoms in total. The summed E-state index contributed by atoms with van der Waals surface area (Å²) in [5, 5.41) is 12.3. The predicted octanol–water partition coefficient (Wildman–Crippen LogP) is 5.93. The zero-order valence-electron chi connectivity index (χ0n) is 22.4. The fourth-order valence-corrected chi connectivity index (χ4v) is 7.62. The lowest BCUT2D eigenvalue weighted by Crippen LogP contribution is -2.42. The minimum atomic E-state index is -0.168. The van der Waals surface area contributed by atoms with Crippen LogP contribution in [0.2, 0.25) is 0 Å². The second kappa shape index (κ2) is 9.12. The molecule has 3 fully saturated rings. The summed E-state index contributed by atoms with van der Waals surface area (Å²) < 4.78 is 11.7. The molecule has 0 radical (unpaired) electrons. The van der Waals surface area contributed by atoms with Crippen molar-refractivity contribution in [2.75, 3.05) is 13.7 Å². The van der Waals surface area contributed by atoms with Crippen LogP contribution in [0.5, 0.6) is 5.75 Å². The summed E-state index contributed by atoms with van der Waals surface area (Å²) in [5.41, 5.74) is 6.17. The minimum Gasteiger partial charge on any atom is -0.494 e. The van der Waals surface area contributed by atoms with Crippen LogP contribution >= 0.6 is 11.3 Å². The molecular formula is C30H36N4O3S. The Hall–Kier alpha value is -2.84. The number of aryl methyl sites for hydroxylation is 1. The lowest BCUT2D eigenvalue weighted by atomic mass is 9.78. The second-order valence-corrected chi connectivity index (χ2v) is 12.6. The van der Waals surface area contributed by atoms with Crippen LogP contribution < -0.4 is 4.74 Å². The number of methoxy groups -OCH3 is 1. The molecule has 0 bridgehead atoms. The fraction of sp³-hybridized carbons (Fsp3) is 0.533. The number of aliphatic hydroxyl groups excluding tert-OH is 1. The van der Waals surface area contributed by atoms with Gasteiger partial charge in [-0.1, -0.05) is 0 Å². The average molecular weight is 533 g/mol. The number of hydrogen-bond acceptors (Lipinski definition) is 5. The summed E-state index contributed by atoms with van der Waals surface area (Å²) in [7, 11) is 3.72. The first-order valence-corrected chi connectivity index (χ1v) is 15.0. The molecule has 1 saturated heterocycles. The lowest BCUT2D eigenvalue weighted by molar-refractivity contribution is 0.0635. The first kappa shape index (κ1) is 24.2. The number of amides is 1. The number of hydrogen-bond donors (Lipinski definition) is 1. The fourth-order valence-electron chi connectivity index (χ4n) is 6.54. The van der Waals surface area contributed by atoms with Gasteiger partial charge in [-0.25, -0.2) is 4.98 Å². The van der Waals surface area contributed by atoms with Crippen LogP contribution in [0.25, 0.3) is 32.8 Å². The van der Waals surface area contributed by atoms with E-state index in [1.807, 2.05) is 24.1 Å². The van der Waals surface area contributed by atoms with E-state index in [2.05, 4.69) is 27.5 Å². The monoisotopic (exact) mass is 532 g/mol. The standard InChI is InChI=1S/C30H36N4O3S/c1-17-6-4-5-9-33(17)30(36)20-12-23-28(25(13-20)37-3)32(2)29(31-23)24-14-26-27(34(24)15-18-7-8-18)22(16-38-26)19-10-21(35)11-19/h12-14,16-19,21,35H,4-11,15H2,1-3H3. The number of fused-ring (bicyclic) bond motifs is 2. The third kappa shape index (κ3) is 3.87. The topological polar surface area (TPSA) is 72.5 Å². The Morgan fingerprint density at radius 2 is 1.97 bits per heavy atom. The summed E-state index contributed by atoms with van der Waals surface area (Å²) in [4.78, 5) is 20.7. The van der Waals surface area contributed by atoms with Gasteiger partial charge < -0.3 is 23.9 Å². The quantitative estimate of drug-likeness (QED) is 0.334. The van der Waals surface area contributed by atoms with Crippen molar-refractivity contribution in [3.63, 3.8) is 0 Å². The highest BCUT2D eigenvalue weighted by Gasteiger charge is 2.34. The first-order valence-electron chi connectivity index (χ1n) is 14.1. The predicted molar refractivity (Wildman–Crippen MR) is 151 cm³/mol. The van der Waals surface area contributed by atoms with Crippen molar-refractivity contribution in [2.24, 2.45) is 13.0 Å². The molecule has 200 valence electrons. The maximum atomic E-state index is 13.5. The van der Waals surface area contributed by atoms with E-state index in [1.54, 1.807) is 18.4 Å². The van der Waals surface area contributed by atoms with Gasteiger partial charge in [0.1, 0.15) is 11.3 Å². The number of nitrogens with zero attached hydrogens (tertiary/aromatic N) is 4. The maximum Gasteiger partial charge on any atom is 0.254 e. The molecule has 7 rings (SSSR count). The van der Waals surface area contributed by atoms with Gasteiger partial charge >= 0.3 is 0 Å². The molecule has 4 heterocycles. The molecule has 0 spiro atoms. The normalized spacial score (nSPS) is 23.8. The Morgan fingerprint density at radius 3 is 2.68 bits per heavy atom. The number of rotatable bonds is 6. The smallest absolute Gasteiger partial charge is 0.254 e. The summed E-state index contributed by atoms with van der Waals surface area (Å²) in [5.74, 6) is 2.80. The number of thiophene rings is 1. The van der Waals surface area contributed by atoms with E-state index >= 15 is 0 Å². The van der Waals surface area contributed by atoms with Gasteiger partial charge in [-0.2, -0.15) is 0 Å². The van der Waals surface area contributed by atoms with Gasteiger partial charge in [0.15, 0.2) is 5.82 Å². The number of piperidine rings is 1. The van der Waals surface area contributed by atoms with Crippen LogP contribution in [0.15, 0.2) is 23.6 Å². The van der Waals surface area contributed by atoms with E-state index < -0.39 is 0 Å². The third-order valence-electron chi connectivity index (χ3n) is 9.03. The summed E-state index contributed by atoms with van der Waals surface area (Å²) in [6.07, 6.45) is 7.37. The van der Waals surface area contributed by atoms with Crippen LogP contribution in [-0.4, -0.2) is 55.8 Å². The number of carbonyl (C=O) groups is 1. The number of likely N-dealkylation sites (tertiary alicyclic amines) is 1. The Kier molecular flexibility index (Phi) is 5.82.